The van der Waals surface area contributed by atoms with Gasteiger partial charge in [0.25, 0.3) is 5.91 Å². The van der Waals surface area contributed by atoms with E-state index in [2.05, 4.69) is 5.32 Å². The third kappa shape index (κ3) is 3.19. The van der Waals surface area contributed by atoms with Crippen molar-refractivity contribution >= 4 is 17.5 Å². The SMILES string of the molecule is O=C(NCC1CCCC1Cl)c1cc(F)cc(F)c1. The minimum atomic E-state index is -0.753. The van der Waals surface area contributed by atoms with Gasteiger partial charge in [0.2, 0.25) is 0 Å². The summed E-state index contributed by atoms with van der Waals surface area (Å²) in [5, 5.41) is 2.75. The number of amides is 1. The van der Waals surface area contributed by atoms with Crippen LogP contribution in [-0.4, -0.2) is 17.8 Å². The zero-order valence-corrected chi connectivity index (χ0v) is 10.5. The van der Waals surface area contributed by atoms with Gasteiger partial charge in [0, 0.05) is 23.6 Å². The van der Waals surface area contributed by atoms with Crippen LogP contribution in [0.15, 0.2) is 18.2 Å². The maximum atomic E-state index is 13.0. The monoisotopic (exact) mass is 273 g/mol. The van der Waals surface area contributed by atoms with Crippen molar-refractivity contribution in [2.45, 2.75) is 24.6 Å². The zero-order chi connectivity index (χ0) is 13.1. The number of benzene rings is 1. The summed E-state index contributed by atoms with van der Waals surface area (Å²) in [5.74, 6) is -1.73. The normalized spacial score (nSPS) is 23.1. The van der Waals surface area contributed by atoms with Gasteiger partial charge in [-0.1, -0.05) is 6.42 Å². The van der Waals surface area contributed by atoms with Crippen molar-refractivity contribution in [1.29, 1.82) is 0 Å². The minimum absolute atomic E-state index is 0.00313. The smallest absolute Gasteiger partial charge is 0.251 e. The summed E-state index contributed by atoms with van der Waals surface area (Å²) in [4.78, 5) is 11.7. The highest BCUT2D eigenvalue weighted by atomic mass is 35.5. The summed E-state index contributed by atoms with van der Waals surface area (Å²) in [7, 11) is 0. The van der Waals surface area contributed by atoms with E-state index in [1.807, 2.05) is 0 Å². The molecule has 2 unspecified atom stereocenters. The summed E-state index contributed by atoms with van der Waals surface area (Å²) < 4.78 is 25.9. The molecule has 0 saturated heterocycles. The topological polar surface area (TPSA) is 29.1 Å². The standard InChI is InChI=1S/C13H14ClF2NO/c14-12-3-1-2-8(12)7-17-13(18)9-4-10(15)6-11(16)5-9/h4-6,8,12H,1-3,7H2,(H,17,18). The van der Waals surface area contributed by atoms with Gasteiger partial charge in [-0.05, 0) is 30.9 Å². The van der Waals surface area contributed by atoms with Crippen molar-refractivity contribution in [1.82, 2.24) is 5.32 Å². The van der Waals surface area contributed by atoms with Crippen LogP contribution in [0.1, 0.15) is 29.6 Å². The first kappa shape index (κ1) is 13.3. The fourth-order valence-electron chi connectivity index (χ4n) is 2.23. The number of halogens is 3. The molecule has 1 aromatic rings. The Balaban J connectivity index is 1.95. The number of alkyl halides is 1. The van der Waals surface area contributed by atoms with Crippen molar-refractivity contribution in [2.75, 3.05) is 6.54 Å². The van der Waals surface area contributed by atoms with Gasteiger partial charge in [-0.2, -0.15) is 0 Å². The van der Waals surface area contributed by atoms with Gasteiger partial charge in [0.15, 0.2) is 0 Å². The third-order valence-corrected chi connectivity index (χ3v) is 3.79. The van der Waals surface area contributed by atoms with E-state index in [1.165, 1.54) is 0 Å². The summed E-state index contributed by atoms with van der Waals surface area (Å²) in [6.07, 6.45) is 2.99. The lowest BCUT2D eigenvalue weighted by Crippen LogP contribution is -2.31. The molecule has 0 spiro atoms. The van der Waals surface area contributed by atoms with E-state index >= 15 is 0 Å². The Morgan fingerprint density at radius 2 is 1.94 bits per heavy atom. The van der Waals surface area contributed by atoms with Crippen molar-refractivity contribution in [3.05, 3.63) is 35.4 Å². The second kappa shape index (κ2) is 5.65. The van der Waals surface area contributed by atoms with E-state index in [-0.39, 0.29) is 16.9 Å². The van der Waals surface area contributed by atoms with E-state index in [1.54, 1.807) is 0 Å². The quantitative estimate of drug-likeness (QED) is 0.843. The molecule has 1 aromatic carbocycles. The highest BCUT2D eigenvalue weighted by Crippen LogP contribution is 2.29. The number of hydrogen-bond donors (Lipinski definition) is 1. The highest BCUT2D eigenvalue weighted by Gasteiger charge is 2.25. The van der Waals surface area contributed by atoms with Gasteiger partial charge in [0.1, 0.15) is 11.6 Å². The maximum absolute atomic E-state index is 13.0. The Morgan fingerprint density at radius 3 is 2.50 bits per heavy atom. The lowest BCUT2D eigenvalue weighted by Gasteiger charge is -2.14. The Bertz CT molecular complexity index is 432. The Hall–Kier alpha value is -1.16. The van der Waals surface area contributed by atoms with Crippen molar-refractivity contribution in [2.24, 2.45) is 5.92 Å². The second-order valence-electron chi connectivity index (χ2n) is 4.58. The molecule has 1 aliphatic carbocycles. The fraction of sp³-hybridized carbons (Fsp3) is 0.462. The van der Waals surface area contributed by atoms with Gasteiger partial charge < -0.3 is 5.32 Å². The average molecular weight is 274 g/mol. The van der Waals surface area contributed by atoms with E-state index in [0.717, 1.165) is 37.5 Å². The number of carbonyl (C=O) groups is 1. The first-order valence-corrected chi connectivity index (χ1v) is 6.38. The van der Waals surface area contributed by atoms with Gasteiger partial charge in [-0.15, -0.1) is 11.6 Å². The van der Waals surface area contributed by atoms with Crippen molar-refractivity contribution in [3.8, 4) is 0 Å². The molecule has 0 bridgehead atoms. The Kier molecular flexibility index (Phi) is 4.17. The molecule has 1 amide bonds. The zero-order valence-electron chi connectivity index (χ0n) is 9.76. The summed E-state index contributed by atoms with van der Waals surface area (Å²) >= 11 is 6.09. The van der Waals surface area contributed by atoms with Crippen LogP contribution in [-0.2, 0) is 0 Å². The van der Waals surface area contributed by atoms with E-state index in [9.17, 15) is 13.6 Å². The number of rotatable bonds is 3. The first-order valence-electron chi connectivity index (χ1n) is 5.94. The van der Waals surface area contributed by atoms with Crippen LogP contribution in [0.3, 0.4) is 0 Å². The van der Waals surface area contributed by atoms with Crippen molar-refractivity contribution < 1.29 is 13.6 Å². The van der Waals surface area contributed by atoms with Crippen LogP contribution in [0.5, 0.6) is 0 Å². The fourth-order valence-corrected chi connectivity index (χ4v) is 2.60. The molecule has 1 saturated carbocycles. The molecule has 2 rings (SSSR count). The van der Waals surface area contributed by atoms with E-state index in [0.29, 0.717) is 6.54 Å². The molecule has 98 valence electrons. The van der Waals surface area contributed by atoms with Gasteiger partial charge in [-0.25, -0.2) is 8.78 Å². The molecule has 0 aliphatic heterocycles. The third-order valence-electron chi connectivity index (χ3n) is 3.22. The molecule has 2 nitrogen and oxygen atoms in total. The molecule has 2 atom stereocenters. The molecule has 18 heavy (non-hydrogen) atoms. The molecular weight excluding hydrogens is 260 g/mol. The summed E-state index contributed by atoms with van der Waals surface area (Å²) in [6, 6.07) is 2.78. The molecule has 1 fully saturated rings. The molecular formula is C13H14ClF2NO. The van der Waals surface area contributed by atoms with Gasteiger partial charge >= 0.3 is 0 Å². The van der Waals surface area contributed by atoms with Crippen LogP contribution in [0.25, 0.3) is 0 Å². The largest absolute Gasteiger partial charge is 0.352 e. The van der Waals surface area contributed by atoms with Crippen LogP contribution in [0, 0.1) is 17.6 Å². The number of nitrogens with one attached hydrogen (secondary N) is 1. The van der Waals surface area contributed by atoms with Crippen LogP contribution in [0.4, 0.5) is 8.78 Å². The van der Waals surface area contributed by atoms with E-state index < -0.39 is 17.5 Å². The van der Waals surface area contributed by atoms with Crippen LogP contribution in [0.2, 0.25) is 0 Å². The molecule has 1 aliphatic rings. The number of hydrogen-bond acceptors (Lipinski definition) is 1. The van der Waals surface area contributed by atoms with E-state index in [4.69, 9.17) is 11.6 Å². The molecule has 1 N–H and O–H groups in total. The highest BCUT2D eigenvalue weighted by molar-refractivity contribution is 6.21. The van der Waals surface area contributed by atoms with Crippen LogP contribution < -0.4 is 5.32 Å². The van der Waals surface area contributed by atoms with Gasteiger partial charge in [0.05, 0.1) is 0 Å². The minimum Gasteiger partial charge on any atom is -0.352 e. The summed E-state index contributed by atoms with van der Waals surface area (Å²) in [5.41, 5.74) is -0.00313. The number of carbonyl (C=O) groups excluding carboxylic acids is 1. The molecule has 5 heteroatoms. The lowest BCUT2D eigenvalue weighted by molar-refractivity contribution is 0.0946. The van der Waals surface area contributed by atoms with Crippen LogP contribution >= 0.6 is 11.6 Å². The summed E-state index contributed by atoms with van der Waals surface area (Å²) in [6.45, 7) is 0.450. The Labute approximate surface area is 109 Å². The predicted octanol–water partition coefficient (Wildman–Crippen LogP) is 3.10. The molecule has 0 aromatic heterocycles. The first-order chi connectivity index (χ1) is 8.56. The molecule has 0 heterocycles. The second-order valence-corrected chi connectivity index (χ2v) is 5.14. The van der Waals surface area contributed by atoms with Gasteiger partial charge in [-0.3, -0.25) is 4.79 Å². The van der Waals surface area contributed by atoms with Crippen molar-refractivity contribution in [3.63, 3.8) is 0 Å². The Morgan fingerprint density at radius 1 is 1.28 bits per heavy atom. The maximum Gasteiger partial charge on any atom is 0.251 e. The predicted molar refractivity (Wildman–Crippen MR) is 65.7 cm³/mol. The average Bonchev–Trinajstić information content (AvgIpc) is 2.70. The molecule has 0 radical (unpaired) electrons. The lowest BCUT2D eigenvalue weighted by atomic mass is 10.1.